The average molecular weight is 433 g/mol. The van der Waals surface area contributed by atoms with Crippen LogP contribution >= 0.6 is 0 Å². The lowest BCUT2D eigenvalue weighted by Crippen LogP contribution is -2.12. The van der Waals surface area contributed by atoms with Gasteiger partial charge in [0.1, 0.15) is 11.5 Å². The summed E-state index contributed by atoms with van der Waals surface area (Å²) >= 11 is 0. The van der Waals surface area contributed by atoms with Crippen molar-refractivity contribution in [3.05, 3.63) is 82.9 Å². The molecule has 0 bridgehead atoms. The number of anilines is 2. The SMILES string of the molecule is CC(C)(C)c1ccc(O)c(CNc2ccc(NCc3cc(C(C)(C)C)ccc3O)cc2)c1. The molecule has 0 heterocycles. The molecule has 0 aliphatic heterocycles. The molecular formula is C28H36N2O2. The minimum absolute atomic E-state index is 0.0383. The van der Waals surface area contributed by atoms with Crippen LogP contribution in [0.5, 0.6) is 11.5 Å². The van der Waals surface area contributed by atoms with Crippen molar-refractivity contribution < 1.29 is 10.2 Å². The summed E-state index contributed by atoms with van der Waals surface area (Å²) in [6.07, 6.45) is 0. The largest absolute Gasteiger partial charge is 0.508 e. The van der Waals surface area contributed by atoms with E-state index in [1.54, 1.807) is 12.1 Å². The minimum atomic E-state index is 0.0383. The van der Waals surface area contributed by atoms with Crippen molar-refractivity contribution in [2.24, 2.45) is 0 Å². The molecule has 4 heteroatoms. The first-order valence-corrected chi connectivity index (χ1v) is 11.2. The zero-order valence-corrected chi connectivity index (χ0v) is 20.1. The Morgan fingerprint density at radius 2 is 0.906 bits per heavy atom. The van der Waals surface area contributed by atoms with Gasteiger partial charge in [-0.2, -0.15) is 0 Å². The monoisotopic (exact) mass is 432 g/mol. The molecule has 0 radical (unpaired) electrons. The molecule has 0 aliphatic carbocycles. The van der Waals surface area contributed by atoms with Crippen molar-refractivity contribution in [2.45, 2.75) is 65.5 Å². The van der Waals surface area contributed by atoms with Gasteiger partial charge in [0.05, 0.1) is 0 Å². The summed E-state index contributed by atoms with van der Waals surface area (Å²) in [5, 5.41) is 27.2. The van der Waals surface area contributed by atoms with Crippen LogP contribution in [-0.4, -0.2) is 10.2 Å². The van der Waals surface area contributed by atoms with Crippen LogP contribution in [0.25, 0.3) is 0 Å². The van der Waals surface area contributed by atoms with E-state index in [4.69, 9.17) is 0 Å². The molecule has 0 atom stereocenters. The fourth-order valence-corrected chi connectivity index (χ4v) is 3.49. The van der Waals surface area contributed by atoms with Crippen molar-refractivity contribution in [2.75, 3.05) is 10.6 Å². The zero-order valence-electron chi connectivity index (χ0n) is 20.1. The highest BCUT2D eigenvalue weighted by Crippen LogP contribution is 2.29. The summed E-state index contributed by atoms with van der Waals surface area (Å²) < 4.78 is 0. The van der Waals surface area contributed by atoms with Crippen LogP contribution in [-0.2, 0) is 23.9 Å². The topological polar surface area (TPSA) is 64.5 Å². The molecule has 4 N–H and O–H groups in total. The number of nitrogens with one attached hydrogen (secondary N) is 2. The molecule has 0 fully saturated rings. The van der Waals surface area contributed by atoms with E-state index >= 15 is 0 Å². The number of phenols is 2. The molecule has 4 nitrogen and oxygen atoms in total. The second-order valence-corrected chi connectivity index (χ2v) is 10.5. The van der Waals surface area contributed by atoms with E-state index < -0.39 is 0 Å². The average Bonchev–Trinajstić information content (AvgIpc) is 2.71. The van der Waals surface area contributed by atoms with Gasteiger partial charge in [0.15, 0.2) is 0 Å². The predicted molar refractivity (Wildman–Crippen MR) is 135 cm³/mol. The van der Waals surface area contributed by atoms with E-state index in [9.17, 15) is 10.2 Å². The lowest BCUT2D eigenvalue weighted by atomic mass is 9.86. The van der Waals surface area contributed by atoms with E-state index in [0.717, 1.165) is 22.5 Å². The summed E-state index contributed by atoms with van der Waals surface area (Å²) in [6.45, 7) is 14.1. The Hall–Kier alpha value is -3.14. The number of rotatable bonds is 6. The van der Waals surface area contributed by atoms with Gasteiger partial charge < -0.3 is 20.8 Å². The van der Waals surface area contributed by atoms with Crippen molar-refractivity contribution in [3.8, 4) is 11.5 Å². The maximum absolute atomic E-state index is 10.2. The van der Waals surface area contributed by atoms with Crippen LogP contribution in [0.3, 0.4) is 0 Å². The van der Waals surface area contributed by atoms with Gasteiger partial charge >= 0.3 is 0 Å². The highest BCUT2D eigenvalue weighted by atomic mass is 16.3. The number of hydrogen-bond donors (Lipinski definition) is 4. The third kappa shape index (κ3) is 5.97. The van der Waals surface area contributed by atoms with Gasteiger partial charge in [-0.3, -0.25) is 0 Å². The molecule has 3 aromatic rings. The van der Waals surface area contributed by atoms with E-state index in [2.05, 4.69) is 64.3 Å². The molecule has 0 aliphatic rings. The number of hydrogen-bond acceptors (Lipinski definition) is 4. The van der Waals surface area contributed by atoms with Gasteiger partial charge in [0.2, 0.25) is 0 Å². The van der Waals surface area contributed by atoms with Gasteiger partial charge in [-0.05, 0) is 70.5 Å². The van der Waals surface area contributed by atoms with Crippen LogP contribution < -0.4 is 10.6 Å². The molecule has 3 rings (SSSR count). The predicted octanol–water partition coefficient (Wildman–Crippen LogP) is 6.92. The van der Waals surface area contributed by atoms with Gasteiger partial charge in [0, 0.05) is 35.6 Å². The summed E-state index contributed by atoms with van der Waals surface area (Å²) in [6, 6.07) is 19.7. The molecule has 32 heavy (non-hydrogen) atoms. The Kier molecular flexibility index (Phi) is 6.73. The molecule has 0 saturated heterocycles. The Morgan fingerprint density at radius 3 is 1.22 bits per heavy atom. The Bertz CT molecular complexity index is 972. The van der Waals surface area contributed by atoms with Crippen LogP contribution in [0.4, 0.5) is 11.4 Å². The molecule has 0 aromatic heterocycles. The molecule has 170 valence electrons. The number of benzene rings is 3. The van der Waals surface area contributed by atoms with Crippen LogP contribution in [0, 0.1) is 0 Å². The van der Waals surface area contributed by atoms with Crippen LogP contribution in [0.15, 0.2) is 60.7 Å². The fourth-order valence-electron chi connectivity index (χ4n) is 3.49. The Morgan fingerprint density at radius 1 is 0.562 bits per heavy atom. The first kappa shape index (κ1) is 23.5. The summed E-state index contributed by atoms with van der Waals surface area (Å²) in [5.41, 5.74) is 6.20. The highest BCUT2D eigenvalue weighted by molar-refractivity contribution is 5.55. The molecule has 3 aromatic carbocycles. The van der Waals surface area contributed by atoms with Crippen molar-refractivity contribution >= 4 is 11.4 Å². The van der Waals surface area contributed by atoms with Gasteiger partial charge in [-0.1, -0.05) is 53.7 Å². The third-order valence-corrected chi connectivity index (χ3v) is 5.74. The van der Waals surface area contributed by atoms with Gasteiger partial charge in [-0.15, -0.1) is 0 Å². The van der Waals surface area contributed by atoms with E-state index in [0.29, 0.717) is 24.6 Å². The minimum Gasteiger partial charge on any atom is -0.508 e. The standard InChI is InChI=1S/C28H36N2O2/c1-27(2,3)21-7-13-25(31)19(15-21)17-29-23-9-11-24(12-10-23)30-18-20-16-22(28(4,5)6)8-14-26(20)32/h7-16,29-32H,17-18H2,1-6H3. The van der Waals surface area contributed by atoms with Crippen LogP contribution in [0.1, 0.15) is 63.8 Å². The molecule has 0 amide bonds. The second-order valence-electron chi connectivity index (χ2n) is 10.5. The smallest absolute Gasteiger partial charge is 0.120 e. The van der Waals surface area contributed by atoms with E-state index in [1.165, 1.54) is 11.1 Å². The number of aromatic hydroxyl groups is 2. The first-order chi connectivity index (χ1) is 14.9. The van der Waals surface area contributed by atoms with Crippen molar-refractivity contribution in [3.63, 3.8) is 0 Å². The number of phenolic OH excluding ortho intramolecular Hbond substituents is 2. The zero-order chi connectivity index (χ0) is 23.5. The quantitative estimate of drug-likeness (QED) is 0.341. The lowest BCUT2D eigenvalue weighted by molar-refractivity contribution is 0.467. The molecule has 0 saturated carbocycles. The maximum Gasteiger partial charge on any atom is 0.120 e. The first-order valence-electron chi connectivity index (χ1n) is 11.2. The van der Waals surface area contributed by atoms with Crippen LogP contribution in [0.2, 0.25) is 0 Å². The third-order valence-electron chi connectivity index (χ3n) is 5.74. The van der Waals surface area contributed by atoms with Gasteiger partial charge in [-0.25, -0.2) is 0 Å². The fraction of sp³-hybridized carbons (Fsp3) is 0.357. The lowest BCUT2D eigenvalue weighted by Gasteiger charge is -2.21. The summed E-state index contributed by atoms with van der Waals surface area (Å²) in [4.78, 5) is 0. The molecule has 0 spiro atoms. The van der Waals surface area contributed by atoms with E-state index in [1.807, 2.05) is 36.4 Å². The molecular weight excluding hydrogens is 396 g/mol. The summed E-state index contributed by atoms with van der Waals surface area (Å²) in [5.74, 6) is 0.613. The van der Waals surface area contributed by atoms with Crippen molar-refractivity contribution in [1.82, 2.24) is 0 Å². The normalized spacial score (nSPS) is 11.9. The van der Waals surface area contributed by atoms with E-state index in [-0.39, 0.29) is 10.8 Å². The highest BCUT2D eigenvalue weighted by Gasteiger charge is 2.16. The second kappa shape index (κ2) is 9.15. The summed E-state index contributed by atoms with van der Waals surface area (Å²) in [7, 11) is 0. The van der Waals surface area contributed by atoms with Gasteiger partial charge in [0.25, 0.3) is 0 Å². The Labute approximate surface area is 192 Å². The van der Waals surface area contributed by atoms with Crippen molar-refractivity contribution in [1.29, 1.82) is 0 Å². The Balaban J connectivity index is 1.62. The molecule has 0 unspecified atom stereocenters. The maximum atomic E-state index is 10.2.